The fourth-order valence-electron chi connectivity index (χ4n) is 1.44. The van der Waals surface area contributed by atoms with Gasteiger partial charge in [-0.3, -0.25) is 9.69 Å². The molecule has 1 aliphatic heterocycles. The summed E-state index contributed by atoms with van der Waals surface area (Å²) in [7, 11) is 0. The van der Waals surface area contributed by atoms with Crippen molar-refractivity contribution in [1.29, 1.82) is 0 Å². The van der Waals surface area contributed by atoms with Crippen molar-refractivity contribution >= 4 is 5.91 Å². The molecule has 0 bridgehead atoms. The Kier molecular flexibility index (Phi) is 3.27. The Morgan fingerprint density at radius 2 is 2.00 bits per heavy atom. The molecule has 0 aromatic heterocycles. The van der Waals surface area contributed by atoms with Gasteiger partial charge in [0.15, 0.2) is 0 Å². The molecule has 4 heteroatoms. The third kappa shape index (κ3) is 2.67. The van der Waals surface area contributed by atoms with Crippen molar-refractivity contribution in [3.63, 3.8) is 0 Å². The minimum absolute atomic E-state index is 0.0396. The molecule has 0 spiro atoms. The van der Waals surface area contributed by atoms with Crippen LogP contribution in [0.3, 0.4) is 0 Å². The molecule has 1 saturated heterocycles. The summed E-state index contributed by atoms with van der Waals surface area (Å²) in [5.74, 6) is 0.0990. The molecule has 1 atom stereocenters. The third-order valence-corrected chi connectivity index (χ3v) is 2.30. The van der Waals surface area contributed by atoms with Crippen molar-refractivity contribution in [2.45, 2.75) is 38.9 Å². The number of rotatable bonds is 3. The molecule has 0 radical (unpaired) electrons. The molecule has 1 rings (SSSR count). The Labute approximate surface area is 79.5 Å². The maximum absolute atomic E-state index is 11.5. The van der Waals surface area contributed by atoms with Crippen LogP contribution in [0.4, 0.5) is 0 Å². The van der Waals surface area contributed by atoms with Crippen molar-refractivity contribution in [2.24, 2.45) is 5.73 Å². The van der Waals surface area contributed by atoms with Crippen LogP contribution < -0.4 is 11.1 Å². The Balaban J connectivity index is 2.30. The van der Waals surface area contributed by atoms with Gasteiger partial charge in [-0.15, -0.1) is 0 Å². The maximum atomic E-state index is 11.5. The summed E-state index contributed by atoms with van der Waals surface area (Å²) < 4.78 is 0. The summed E-state index contributed by atoms with van der Waals surface area (Å²) in [6, 6.07) is 0.432. The lowest BCUT2D eigenvalue weighted by Gasteiger charge is -2.40. The van der Waals surface area contributed by atoms with E-state index in [0.29, 0.717) is 0 Å². The zero-order valence-electron chi connectivity index (χ0n) is 8.58. The van der Waals surface area contributed by atoms with E-state index in [1.54, 1.807) is 0 Å². The van der Waals surface area contributed by atoms with Crippen LogP contribution in [0.1, 0.15) is 20.8 Å². The Hall–Kier alpha value is -0.610. The van der Waals surface area contributed by atoms with Gasteiger partial charge < -0.3 is 11.1 Å². The number of hydrogen-bond acceptors (Lipinski definition) is 3. The van der Waals surface area contributed by atoms with E-state index in [9.17, 15) is 4.79 Å². The molecular weight excluding hydrogens is 166 g/mol. The second-order valence-corrected chi connectivity index (χ2v) is 4.05. The van der Waals surface area contributed by atoms with Gasteiger partial charge in [0.1, 0.15) is 0 Å². The molecule has 0 saturated carbocycles. The number of carbonyl (C=O) groups is 1. The highest BCUT2D eigenvalue weighted by Gasteiger charge is 2.31. The van der Waals surface area contributed by atoms with E-state index in [1.165, 1.54) is 0 Å². The fourth-order valence-corrected chi connectivity index (χ4v) is 1.44. The van der Waals surface area contributed by atoms with Crippen LogP contribution in [0.2, 0.25) is 0 Å². The van der Waals surface area contributed by atoms with Gasteiger partial charge in [-0.1, -0.05) is 0 Å². The number of amides is 1. The van der Waals surface area contributed by atoms with Gasteiger partial charge in [-0.2, -0.15) is 0 Å². The van der Waals surface area contributed by atoms with E-state index >= 15 is 0 Å². The molecular formula is C9H19N3O. The number of hydrogen-bond donors (Lipinski definition) is 2. The number of likely N-dealkylation sites (tertiary alicyclic amines) is 1. The molecule has 4 nitrogen and oxygen atoms in total. The summed E-state index contributed by atoms with van der Waals surface area (Å²) >= 11 is 0. The van der Waals surface area contributed by atoms with Gasteiger partial charge in [-0.05, 0) is 20.8 Å². The SMILES string of the molecule is CC(C)NC(=O)C(C)N1CC(N)C1. The van der Waals surface area contributed by atoms with Crippen molar-refractivity contribution in [3.05, 3.63) is 0 Å². The predicted octanol–water partition coefficient (Wildman–Crippen LogP) is -0.458. The first-order valence-electron chi connectivity index (χ1n) is 4.80. The average Bonchev–Trinajstić information content (AvgIpc) is 1.96. The number of nitrogens with one attached hydrogen (secondary N) is 1. The number of nitrogens with zero attached hydrogens (tertiary/aromatic N) is 1. The van der Waals surface area contributed by atoms with Gasteiger partial charge in [0.05, 0.1) is 6.04 Å². The fraction of sp³-hybridized carbons (Fsp3) is 0.889. The first-order chi connectivity index (χ1) is 6.00. The van der Waals surface area contributed by atoms with Crippen LogP contribution in [-0.2, 0) is 4.79 Å². The second-order valence-electron chi connectivity index (χ2n) is 4.05. The first kappa shape index (κ1) is 10.5. The summed E-state index contributed by atoms with van der Waals surface area (Å²) in [5.41, 5.74) is 5.63. The first-order valence-corrected chi connectivity index (χ1v) is 4.80. The molecule has 1 fully saturated rings. The molecule has 1 unspecified atom stereocenters. The monoisotopic (exact) mass is 185 g/mol. The van der Waals surface area contributed by atoms with Crippen molar-refractivity contribution < 1.29 is 4.79 Å². The second kappa shape index (κ2) is 4.07. The standard InChI is InChI=1S/C9H19N3O/c1-6(2)11-9(13)7(3)12-4-8(10)5-12/h6-8H,4-5,10H2,1-3H3,(H,11,13). The van der Waals surface area contributed by atoms with Gasteiger partial charge in [0.25, 0.3) is 0 Å². The average molecular weight is 185 g/mol. The van der Waals surface area contributed by atoms with Crippen molar-refractivity contribution in [1.82, 2.24) is 10.2 Å². The molecule has 76 valence electrons. The van der Waals surface area contributed by atoms with Crippen molar-refractivity contribution in [2.75, 3.05) is 13.1 Å². The van der Waals surface area contributed by atoms with Crippen LogP contribution in [0.5, 0.6) is 0 Å². The molecule has 1 aliphatic rings. The molecule has 0 aromatic rings. The van der Waals surface area contributed by atoms with E-state index < -0.39 is 0 Å². The Morgan fingerprint density at radius 3 is 2.38 bits per heavy atom. The number of carbonyl (C=O) groups excluding carboxylic acids is 1. The van der Waals surface area contributed by atoms with E-state index in [-0.39, 0.29) is 24.0 Å². The lowest BCUT2D eigenvalue weighted by molar-refractivity contribution is -0.128. The lowest BCUT2D eigenvalue weighted by Crippen LogP contribution is -2.62. The molecule has 3 N–H and O–H groups in total. The van der Waals surface area contributed by atoms with Gasteiger partial charge in [0.2, 0.25) is 5.91 Å². The smallest absolute Gasteiger partial charge is 0.237 e. The largest absolute Gasteiger partial charge is 0.353 e. The predicted molar refractivity (Wildman–Crippen MR) is 52.3 cm³/mol. The maximum Gasteiger partial charge on any atom is 0.237 e. The summed E-state index contributed by atoms with van der Waals surface area (Å²) in [6.45, 7) is 7.53. The van der Waals surface area contributed by atoms with Gasteiger partial charge >= 0.3 is 0 Å². The van der Waals surface area contributed by atoms with Gasteiger partial charge in [-0.25, -0.2) is 0 Å². The molecule has 13 heavy (non-hydrogen) atoms. The van der Waals surface area contributed by atoms with Crippen LogP contribution in [0.15, 0.2) is 0 Å². The quantitative estimate of drug-likeness (QED) is 0.625. The summed E-state index contributed by atoms with van der Waals surface area (Å²) in [4.78, 5) is 13.6. The van der Waals surface area contributed by atoms with Crippen LogP contribution in [0, 0.1) is 0 Å². The topological polar surface area (TPSA) is 58.4 Å². The summed E-state index contributed by atoms with van der Waals surface area (Å²) in [6.07, 6.45) is 0. The normalized spacial score (nSPS) is 21.3. The van der Waals surface area contributed by atoms with Gasteiger partial charge in [0, 0.05) is 25.2 Å². The van der Waals surface area contributed by atoms with E-state index in [4.69, 9.17) is 5.73 Å². The molecule has 0 aliphatic carbocycles. The van der Waals surface area contributed by atoms with Crippen LogP contribution in [-0.4, -0.2) is 42.0 Å². The third-order valence-electron chi connectivity index (χ3n) is 2.30. The minimum atomic E-state index is -0.0396. The van der Waals surface area contributed by atoms with Crippen molar-refractivity contribution in [3.8, 4) is 0 Å². The Morgan fingerprint density at radius 1 is 1.46 bits per heavy atom. The van der Waals surface area contributed by atoms with E-state index in [0.717, 1.165) is 13.1 Å². The minimum Gasteiger partial charge on any atom is -0.353 e. The zero-order chi connectivity index (χ0) is 10.0. The molecule has 1 heterocycles. The zero-order valence-corrected chi connectivity index (χ0v) is 8.58. The van der Waals surface area contributed by atoms with Crippen LogP contribution in [0.25, 0.3) is 0 Å². The summed E-state index contributed by atoms with van der Waals surface area (Å²) in [5, 5.41) is 2.89. The van der Waals surface area contributed by atoms with E-state index in [2.05, 4.69) is 10.2 Å². The molecule has 0 aromatic carbocycles. The highest BCUT2D eigenvalue weighted by molar-refractivity contribution is 5.81. The highest BCUT2D eigenvalue weighted by atomic mass is 16.2. The van der Waals surface area contributed by atoms with E-state index in [1.807, 2.05) is 20.8 Å². The molecule has 1 amide bonds. The highest BCUT2D eigenvalue weighted by Crippen LogP contribution is 2.10. The lowest BCUT2D eigenvalue weighted by atomic mass is 10.1. The van der Waals surface area contributed by atoms with Crippen LogP contribution >= 0.6 is 0 Å². The number of nitrogens with two attached hydrogens (primary N) is 1. The Bertz CT molecular complexity index is 187.